The summed E-state index contributed by atoms with van der Waals surface area (Å²) in [5, 5.41) is 14.5. The molecule has 0 amide bonds. The lowest BCUT2D eigenvalue weighted by Crippen LogP contribution is -2.39. The highest BCUT2D eigenvalue weighted by molar-refractivity contribution is 5.80. The molecule has 4 aromatic rings. The summed E-state index contributed by atoms with van der Waals surface area (Å²) in [5.74, 6) is -0.508. The van der Waals surface area contributed by atoms with Crippen LogP contribution in [0.3, 0.4) is 0 Å². The van der Waals surface area contributed by atoms with Gasteiger partial charge in [0.1, 0.15) is 0 Å². The third-order valence-electron chi connectivity index (χ3n) is 8.14. The SMILES string of the molecule is CCCCCc1c(Cc2ccc(-c3ccccc3-c3nn[nH]n3)cc2)c(=O)n2n1CCCC2C(=O)OC(C)OC(=O)C(C)(C)C. The van der Waals surface area contributed by atoms with Gasteiger partial charge in [0.25, 0.3) is 5.56 Å². The van der Waals surface area contributed by atoms with Gasteiger partial charge in [-0.15, -0.1) is 10.2 Å². The number of nitrogens with one attached hydrogen (secondary N) is 1. The Labute approximate surface area is 262 Å². The van der Waals surface area contributed by atoms with Crippen molar-refractivity contribution in [3.8, 4) is 22.5 Å². The van der Waals surface area contributed by atoms with Crippen molar-refractivity contribution in [2.75, 3.05) is 0 Å². The number of rotatable bonds is 11. The molecule has 45 heavy (non-hydrogen) atoms. The number of aromatic amines is 1. The van der Waals surface area contributed by atoms with Crippen LogP contribution in [-0.2, 0) is 38.4 Å². The first-order valence-corrected chi connectivity index (χ1v) is 15.7. The maximum atomic E-state index is 14.1. The van der Waals surface area contributed by atoms with Gasteiger partial charge < -0.3 is 9.47 Å². The number of tetrazole rings is 1. The number of nitrogens with zero attached hydrogens (tertiary/aromatic N) is 5. The summed E-state index contributed by atoms with van der Waals surface area (Å²) in [6.07, 6.45) is 4.42. The van der Waals surface area contributed by atoms with Gasteiger partial charge in [-0.25, -0.2) is 9.48 Å². The van der Waals surface area contributed by atoms with Gasteiger partial charge in [0.2, 0.25) is 12.1 Å². The topological polar surface area (TPSA) is 134 Å². The molecule has 0 aliphatic carbocycles. The highest BCUT2D eigenvalue weighted by atomic mass is 16.7. The number of fused-ring (bicyclic) bond motifs is 1. The van der Waals surface area contributed by atoms with E-state index in [0.717, 1.165) is 60.1 Å². The Morgan fingerprint density at radius 1 is 1.04 bits per heavy atom. The molecule has 2 atom stereocenters. The Morgan fingerprint density at radius 2 is 1.78 bits per heavy atom. The molecular formula is C34H42N6O5. The molecule has 11 nitrogen and oxygen atoms in total. The van der Waals surface area contributed by atoms with Crippen molar-refractivity contribution < 1.29 is 19.1 Å². The first kappa shape index (κ1) is 31.9. The van der Waals surface area contributed by atoms with E-state index in [9.17, 15) is 14.4 Å². The molecule has 1 N–H and O–H groups in total. The monoisotopic (exact) mass is 614 g/mol. The number of H-pyrrole nitrogens is 1. The second-order valence-electron chi connectivity index (χ2n) is 12.6. The zero-order valence-corrected chi connectivity index (χ0v) is 26.7. The molecule has 0 saturated heterocycles. The third-order valence-corrected chi connectivity index (χ3v) is 8.14. The summed E-state index contributed by atoms with van der Waals surface area (Å²) in [6, 6.07) is 15.3. The lowest BCUT2D eigenvalue weighted by molar-refractivity contribution is -0.193. The summed E-state index contributed by atoms with van der Waals surface area (Å²) < 4.78 is 14.5. The lowest BCUT2D eigenvalue weighted by Gasteiger charge is -2.28. The number of carbonyl (C=O) groups excluding carboxylic acids is 2. The quantitative estimate of drug-likeness (QED) is 0.130. The van der Waals surface area contributed by atoms with Crippen LogP contribution in [0.1, 0.15) is 89.6 Å². The van der Waals surface area contributed by atoms with Gasteiger partial charge in [0.15, 0.2) is 6.04 Å². The smallest absolute Gasteiger partial charge is 0.334 e. The maximum Gasteiger partial charge on any atom is 0.334 e. The van der Waals surface area contributed by atoms with Gasteiger partial charge in [0, 0.05) is 36.7 Å². The third kappa shape index (κ3) is 7.08. The minimum atomic E-state index is -1.06. The number of hydrogen-bond donors (Lipinski definition) is 1. The molecule has 238 valence electrons. The Kier molecular flexibility index (Phi) is 9.65. The van der Waals surface area contributed by atoms with Crippen molar-refractivity contribution in [2.45, 2.75) is 98.4 Å². The highest BCUT2D eigenvalue weighted by Crippen LogP contribution is 2.31. The van der Waals surface area contributed by atoms with E-state index < -0.39 is 29.7 Å². The van der Waals surface area contributed by atoms with E-state index in [1.165, 1.54) is 6.92 Å². The van der Waals surface area contributed by atoms with E-state index in [1.54, 1.807) is 25.5 Å². The van der Waals surface area contributed by atoms with Crippen molar-refractivity contribution in [3.63, 3.8) is 0 Å². The average molecular weight is 615 g/mol. The predicted octanol–water partition coefficient (Wildman–Crippen LogP) is 5.63. The number of aromatic nitrogens is 6. The molecular weight excluding hydrogens is 572 g/mol. The van der Waals surface area contributed by atoms with Crippen molar-refractivity contribution >= 4 is 11.9 Å². The summed E-state index contributed by atoms with van der Waals surface area (Å²) >= 11 is 0. The second kappa shape index (κ2) is 13.6. The standard InChI is InChI=1S/C34H42N6O5/c1-6-7-8-14-28-27(21-23-16-18-24(19-17-23)25-12-9-10-13-26(25)30-35-37-38-36-30)31(41)40-29(15-11-20-39(28)40)32(42)44-22(2)45-33(43)34(3,4)5/h9-10,12-13,16-19,22,29H,6-8,11,14-15,20-21H2,1-5H3,(H,35,36,37,38). The van der Waals surface area contributed by atoms with Crippen LogP contribution in [0.25, 0.3) is 22.5 Å². The van der Waals surface area contributed by atoms with Crippen molar-refractivity contribution in [1.82, 2.24) is 30.0 Å². The van der Waals surface area contributed by atoms with Gasteiger partial charge in [0.05, 0.1) is 5.41 Å². The Hall–Kier alpha value is -4.54. The molecule has 0 bridgehead atoms. The fourth-order valence-corrected chi connectivity index (χ4v) is 5.79. The summed E-state index contributed by atoms with van der Waals surface area (Å²) in [4.78, 5) is 39.8. The number of esters is 2. The van der Waals surface area contributed by atoms with E-state index in [1.807, 2.05) is 53.2 Å². The first-order chi connectivity index (χ1) is 21.6. The van der Waals surface area contributed by atoms with Gasteiger partial charge in [-0.1, -0.05) is 68.3 Å². The number of ether oxygens (including phenoxy) is 2. The molecule has 0 spiro atoms. The summed E-state index contributed by atoms with van der Waals surface area (Å²) in [7, 11) is 0. The van der Waals surface area contributed by atoms with Crippen LogP contribution < -0.4 is 5.56 Å². The van der Waals surface area contributed by atoms with E-state index in [0.29, 0.717) is 30.8 Å². The van der Waals surface area contributed by atoms with Crippen molar-refractivity contribution in [3.05, 3.63) is 75.7 Å². The molecule has 0 radical (unpaired) electrons. The van der Waals surface area contributed by atoms with Gasteiger partial charge in [-0.3, -0.25) is 14.3 Å². The Bertz CT molecular complexity index is 1680. The molecule has 2 aromatic heterocycles. The molecule has 11 heteroatoms. The molecule has 1 aliphatic heterocycles. The lowest BCUT2D eigenvalue weighted by atomic mass is 9.96. The van der Waals surface area contributed by atoms with Crippen LogP contribution in [0.5, 0.6) is 0 Å². The molecule has 0 saturated carbocycles. The predicted molar refractivity (Wildman–Crippen MR) is 169 cm³/mol. The minimum absolute atomic E-state index is 0.172. The molecule has 5 rings (SSSR count). The number of unbranched alkanes of at least 4 members (excludes halogenated alkanes) is 2. The van der Waals surface area contributed by atoms with E-state index in [4.69, 9.17) is 9.47 Å². The van der Waals surface area contributed by atoms with Crippen LogP contribution in [0, 0.1) is 5.41 Å². The van der Waals surface area contributed by atoms with E-state index in [2.05, 4.69) is 27.5 Å². The van der Waals surface area contributed by atoms with E-state index >= 15 is 0 Å². The van der Waals surface area contributed by atoms with Crippen LogP contribution in [0.4, 0.5) is 0 Å². The maximum absolute atomic E-state index is 14.1. The van der Waals surface area contributed by atoms with Gasteiger partial charge >= 0.3 is 11.9 Å². The number of benzene rings is 2. The highest BCUT2D eigenvalue weighted by Gasteiger charge is 2.35. The largest absolute Gasteiger partial charge is 0.425 e. The summed E-state index contributed by atoms with van der Waals surface area (Å²) in [6.45, 7) is 9.55. The number of hydrogen-bond acceptors (Lipinski definition) is 8. The van der Waals surface area contributed by atoms with Crippen LogP contribution in [0.15, 0.2) is 53.3 Å². The molecule has 0 fully saturated rings. The zero-order valence-electron chi connectivity index (χ0n) is 26.7. The van der Waals surface area contributed by atoms with Gasteiger partial charge in [-0.2, -0.15) is 5.21 Å². The minimum Gasteiger partial charge on any atom is -0.425 e. The van der Waals surface area contributed by atoms with Crippen LogP contribution >= 0.6 is 0 Å². The van der Waals surface area contributed by atoms with Crippen LogP contribution in [-0.4, -0.2) is 48.2 Å². The van der Waals surface area contributed by atoms with Crippen molar-refractivity contribution in [2.24, 2.45) is 5.41 Å². The number of carbonyl (C=O) groups is 2. The Balaban J connectivity index is 1.42. The normalized spacial score (nSPS) is 15.4. The van der Waals surface area contributed by atoms with Crippen LogP contribution in [0.2, 0.25) is 0 Å². The average Bonchev–Trinajstić information content (AvgIpc) is 3.65. The first-order valence-electron chi connectivity index (χ1n) is 15.7. The zero-order chi connectivity index (χ0) is 32.1. The second-order valence-corrected chi connectivity index (χ2v) is 12.6. The fraction of sp³-hybridized carbons (Fsp3) is 0.471. The molecule has 2 unspecified atom stereocenters. The van der Waals surface area contributed by atoms with E-state index in [-0.39, 0.29) is 5.56 Å². The van der Waals surface area contributed by atoms with Gasteiger partial charge in [-0.05, 0) is 68.4 Å². The van der Waals surface area contributed by atoms with Crippen molar-refractivity contribution in [1.29, 1.82) is 0 Å². The molecule has 2 aromatic carbocycles. The fourth-order valence-electron chi connectivity index (χ4n) is 5.79. The Morgan fingerprint density at radius 3 is 2.44 bits per heavy atom. The summed E-state index contributed by atoms with van der Waals surface area (Å²) in [5.41, 5.74) is 4.63. The molecule has 1 aliphatic rings. The molecule has 3 heterocycles.